The SMILES string of the molecule is COC1(OO[C@H]2CC[C@@H](c3ccc(OCCN4CCCCC4)cc3)CC2)C2CC3CC(C2)CC1C3. The summed E-state index contributed by atoms with van der Waals surface area (Å²) < 4.78 is 12.1. The van der Waals surface area contributed by atoms with E-state index in [1.807, 2.05) is 7.11 Å². The van der Waals surface area contributed by atoms with Gasteiger partial charge in [0.2, 0.25) is 5.79 Å². The molecule has 7 rings (SSSR count). The normalized spacial score (nSPS) is 39.1. The second-order valence-corrected chi connectivity index (χ2v) is 12.2. The van der Waals surface area contributed by atoms with Gasteiger partial charge in [-0.25, -0.2) is 9.78 Å². The van der Waals surface area contributed by atoms with Crippen LogP contribution in [0.1, 0.15) is 88.5 Å². The number of likely N-dealkylation sites (tertiary alicyclic amines) is 1. The lowest BCUT2D eigenvalue weighted by Gasteiger charge is -2.58. The molecule has 0 unspecified atom stereocenters. The monoisotopic (exact) mass is 483 g/mol. The lowest BCUT2D eigenvalue weighted by atomic mass is 9.53. The number of hydrogen-bond acceptors (Lipinski definition) is 5. The van der Waals surface area contributed by atoms with Crippen LogP contribution >= 0.6 is 0 Å². The summed E-state index contributed by atoms with van der Waals surface area (Å²) in [6.07, 6.45) is 15.1. The molecule has 0 amide bonds. The van der Waals surface area contributed by atoms with E-state index < -0.39 is 5.79 Å². The molecule has 5 heteroatoms. The van der Waals surface area contributed by atoms with Gasteiger partial charge in [0.25, 0.3) is 0 Å². The van der Waals surface area contributed by atoms with E-state index in [9.17, 15) is 0 Å². The third kappa shape index (κ3) is 5.16. The molecule has 4 bridgehead atoms. The fourth-order valence-corrected chi connectivity index (χ4v) is 8.29. The van der Waals surface area contributed by atoms with E-state index in [0.717, 1.165) is 56.4 Å². The average Bonchev–Trinajstić information content (AvgIpc) is 2.90. The molecule has 1 saturated heterocycles. The molecule has 35 heavy (non-hydrogen) atoms. The summed E-state index contributed by atoms with van der Waals surface area (Å²) in [5.41, 5.74) is 1.43. The molecule has 5 saturated carbocycles. The zero-order chi connectivity index (χ0) is 23.7. The van der Waals surface area contributed by atoms with Gasteiger partial charge in [0.1, 0.15) is 12.4 Å². The van der Waals surface area contributed by atoms with E-state index in [4.69, 9.17) is 19.2 Å². The highest BCUT2D eigenvalue weighted by atomic mass is 17.2. The minimum atomic E-state index is -0.492. The maximum Gasteiger partial charge on any atom is 0.207 e. The van der Waals surface area contributed by atoms with Crippen LogP contribution in [0.4, 0.5) is 0 Å². The first-order valence-corrected chi connectivity index (χ1v) is 14.6. The second-order valence-electron chi connectivity index (χ2n) is 12.2. The minimum Gasteiger partial charge on any atom is -0.492 e. The molecule has 5 aliphatic carbocycles. The van der Waals surface area contributed by atoms with Gasteiger partial charge in [0.15, 0.2) is 0 Å². The van der Waals surface area contributed by atoms with Gasteiger partial charge in [-0.05, 0) is 119 Å². The van der Waals surface area contributed by atoms with E-state index in [2.05, 4.69) is 29.2 Å². The highest BCUT2D eigenvalue weighted by molar-refractivity contribution is 5.29. The molecule has 0 N–H and O–H groups in total. The number of ether oxygens (including phenoxy) is 2. The Hall–Kier alpha value is -1.14. The van der Waals surface area contributed by atoms with Crippen LogP contribution in [0.2, 0.25) is 0 Å². The van der Waals surface area contributed by atoms with Crippen molar-refractivity contribution in [2.75, 3.05) is 33.4 Å². The van der Waals surface area contributed by atoms with Crippen molar-refractivity contribution >= 4 is 0 Å². The highest BCUT2D eigenvalue weighted by Crippen LogP contribution is 2.60. The molecule has 1 aromatic carbocycles. The topological polar surface area (TPSA) is 40.2 Å². The van der Waals surface area contributed by atoms with Gasteiger partial charge < -0.3 is 9.47 Å². The fraction of sp³-hybridized carbons (Fsp3) is 0.800. The Labute approximate surface area is 211 Å². The van der Waals surface area contributed by atoms with Gasteiger partial charge in [-0.3, -0.25) is 4.90 Å². The molecule has 1 aliphatic heterocycles. The number of piperidine rings is 1. The first-order chi connectivity index (χ1) is 17.2. The predicted molar refractivity (Wildman–Crippen MR) is 136 cm³/mol. The zero-order valence-electron chi connectivity index (χ0n) is 21.7. The van der Waals surface area contributed by atoms with Crippen LogP contribution in [0.15, 0.2) is 24.3 Å². The Morgan fingerprint density at radius 1 is 0.829 bits per heavy atom. The molecule has 5 nitrogen and oxygen atoms in total. The van der Waals surface area contributed by atoms with Crippen molar-refractivity contribution in [1.29, 1.82) is 0 Å². The van der Waals surface area contributed by atoms with Gasteiger partial charge in [-0.2, -0.15) is 0 Å². The number of methoxy groups -OCH3 is 1. The molecule has 194 valence electrons. The van der Waals surface area contributed by atoms with Crippen molar-refractivity contribution in [3.63, 3.8) is 0 Å². The van der Waals surface area contributed by atoms with E-state index in [1.165, 1.54) is 70.0 Å². The third-order valence-corrected chi connectivity index (χ3v) is 10.1. The van der Waals surface area contributed by atoms with Crippen molar-refractivity contribution in [3.05, 3.63) is 29.8 Å². The Morgan fingerprint density at radius 3 is 2.11 bits per heavy atom. The molecule has 1 heterocycles. The maximum absolute atomic E-state index is 6.29. The number of nitrogens with zero attached hydrogens (tertiary/aromatic N) is 1. The Balaban J connectivity index is 0.950. The lowest BCUT2D eigenvalue weighted by Crippen LogP contribution is -2.60. The number of hydrogen-bond donors (Lipinski definition) is 0. The highest BCUT2D eigenvalue weighted by Gasteiger charge is 2.60. The van der Waals surface area contributed by atoms with Gasteiger partial charge >= 0.3 is 0 Å². The van der Waals surface area contributed by atoms with Crippen LogP contribution in [0.5, 0.6) is 5.75 Å². The molecule has 6 aliphatic rings. The minimum absolute atomic E-state index is 0.188. The molecule has 0 aromatic heterocycles. The summed E-state index contributed by atoms with van der Waals surface area (Å²) in [5.74, 6) is 3.93. The quantitative estimate of drug-likeness (QED) is 0.233. The molecule has 0 spiro atoms. The Bertz CT molecular complexity index is 784. The molecular weight excluding hydrogens is 438 g/mol. The summed E-state index contributed by atoms with van der Waals surface area (Å²) in [5, 5.41) is 0. The van der Waals surface area contributed by atoms with Crippen LogP contribution in [0.25, 0.3) is 0 Å². The smallest absolute Gasteiger partial charge is 0.207 e. The maximum atomic E-state index is 6.29. The fourth-order valence-electron chi connectivity index (χ4n) is 8.29. The molecule has 1 aromatic rings. The average molecular weight is 484 g/mol. The Morgan fingerprint density at radius 2 is 1.49 bits per heavy atom. The summed E-state index contributed by atoms with van der Waals surface area (Å²) >= 11 is 0. The molecular formula is C30H45NO4. The van der Waals surface area contributed by atoms with E-state index in [0.29, 0.717) is 17.8 Å². The number of rotatable bonds is 9. The third-order valence-electron chi connectivity index (χ3n) is 10.1. The predicted octanol–water partition coefficient (Wildman–Crippen LogP) is 6.32. The van der Waals surface area contributed by atoms with Crippen molar-refractivity contribution in [1.82, 2.24) is 4.90 Å². The summed E-state index contributed by atoms with van der Waals surface area (Å²) in [6, 6.07) is 8.86. The Kier molecular flexibility index (Phi) is 7.39. The van der Waals surface area contributed by atoms with Crippen molar-refractivity contribution < 1.29 is 19.2 Å². The standard InChI is InChI=1S/C30H45NO4/c1-32-30(26-18-22-17-23(20-26)21-27(30)19-22)35-34-29-11-7-25(8-12-29)24-5-9-28(10-6-24)33-16-15-31-13-3-2-4-14-31/h5-6,9-10,22-23,25-27,29H,2-4,7-8,11-21H2,1H3/t22?,23?,25-,26?,27?,29+,30?. The number of benzene rings is 1. The van der Waals surface area contributed by atoms with Crippen LogP contribution < -0.4 is 4.74 Å². The van der Waals surface area contributed by atoms with Crippen LogP contribution in [-0.4, -0.2) is 50.1 Å². The van der Waals surface area contributed by atoms with Crippen LogP contribution in [-0.2, 0) is 14.5 Å². The van der Waals surface area contributed by atoms with Crippen molar-refractivity contribution in [2.24, 2.45) is 23.7 Å². The molecule has 0 radical (unpaired) electrons. The van der Waals surface area contributed by atoms with Crippen molar-refractivity contribution in [2.45, 2.75) is 94.9 Å². The largest absolute Gasteiger partial charge is 0.492 e. The van der Waals surface area contributed by atoms with Crippen LogP contribution in [0.3, 0.4) is 0 Å². The first kappa shape index (κ1) is 24.2. The van der Waals surface area contributed by atoms with E-state index in [1.54, 1.807) is 0 Å². The summed E-state index contributed by atoms with van der Waals surface area (Å²) in [7, 11) is 1.84. The lowest BCUT2D eigenvalue weighted by molar-refractivity contribution is -0.485. The summed E-state index contributed by atoms with van der Waals surface area (Å²) in [4.78, 5) is 15.0. The van der Waals surface area contributed by atoms with Gasteiger partial charge in [-0.15, -0.1) is 0 Å². The first-order valence-electron chi connectivity index (χ1n) is 14.6. The van der Waals surface area contributed by atoms with Crippen molar-refractivity contribution in [3.8, 4) is 5.75 Å². The summed E-state index contributed by atoms with van der Waals surface area (Å²) in [6.45, 7) is 4.29. The van der Waals surface area contributed by atoms with Gasteiger partial charge in [0, 0.05) is 25.5 Å². The zero-order valence-corrected chi connectivity index (χ0v) is 21.7. The second kappa shape index (κ2) is 10.7. The van der Waals surface area contributed by atoms with Crippen LogP contribution in [0, 0.1) is 23.7 Å². The molecule has 0 atom stereocenters. The van der Waals surface area contributed by atoms with Gasteiger partial charge in [0.05, 0.1) is 6.10 Å². The van der Waals surface area contributed by atoms with Gasteiger partial charge in [-0.1, -0.05) is 18.6 Å². The van der Waals surface area contributed by atoms with E-state index >= 15 is 0 Å². The van der Waals surface area contributed by atoms with E-state index in [-0.39, 0.29) is 6.10 Å². The molecule has 6 fully saturated rings.